The van der Waals surface area contributed by atoms with Crippen LogP contribution in [0.15, 0.2) is 41.2 Å². The first-order chi connectivity index (χ1) is 12.8. The van der Waals surface area contributed by atoms with Gasteiger partial charge in [0.2, 0.25) is 5.91 Å². The summed E-state index contributed by atoms with van der Waals surface area (Å²) in [4.78, 5) is 27.9. The van der Waals surface area contributed by atoms with Crippen molar-refractivity contribution >= 4 is 45.9 Å². The molecule has 0 fully saturated rings. The summed E-state index contributed by atoms with van der Waals surface area (Å²) in [7, 11) is 0. The highest BCUT2D eigenvalue weighted by molar-refractivity contribution is 7.99. The van der Waals surface area contributed by atoms with E-state index in [9.17, 15) is 9.59 Å². The highest BCUT2D eigenvalue weighted by Gasteiger charge is 2.09. The van der Waals surface area contributed by atoms with Gasteiger partial charge in [0.25, 0.3) is 0 Å². The number of carbonyl (C=O) groups excluding carboxylic acids is 1. The molecule has 0 spiro atoms. The second-order valence-corrected chi connectivity index (χ2v) is 8.01. The number of H-pyrrole nitrogens is 1. The van der Waals surface area contributed by atoms with E-state index in [1.54, 1.807) is 12.1 Å². The van der Waals surface area contributed by atoms with Crippen LogP contribution in [0.3, 0.4) is 0 Å². The van der Waals surface area contributed by atoms with Gasteiger partial charge in [0.15, 0.2) is 5.43 Å². The lowest BCUT2D eigenvalue weighted by Crippen LogP contribution is -2.15. The number of benzene rings is 2. The van der Waals surface area contributed by atoms with Crippen LogP contribution in [0, 0.1) is 20.8 Å². The van der Waals surface area contributed by atoms with Gasteiger partial charge in [-0.25, -0.2) is 0 Å². The summed E-state index contributed by atoms with van der Waals surface area (Å²) in [6.45, 7) is 5.84. The predicted octanol–water partition coefficient (Wildman–Crippen LogP) is 4.98. The van der Waals surface area contributed by atoms with Crippen LogP contribution in [0.2, 0.25) is 5.02 Å². The van der Waals surface area contributed by atoms with Crippen LogP contribution in [-0.2, 0) is 10.5 Å². The molecule has 0 aliphatic rings. The van der Waals surface area contributed by atoms with Crippen molar-refractivity contribution in [3.05, 3.63) is 74.0 Å². The summed E-state index contributed by atoms with van der Waals surface area (Å²) in [5, 5.41) is 4.21. The second kappa shape index (κ2) is 8.19. The molecule has 0 bridgehead atoms. The maximum atomic E-state index is 12.4. The third kappa shape index (κ3) is 4.54. The van der Waals surface area contributed by atoms with Crippen molar-refractivity contribution in [1.29, 1.82) is 0 Å². The summed E-state index contributed by atoms with van der Waals surface area (Å²) in [5.74, 6) is 0.750. The van der Waals surface area contributed by atoms with Crippen molar-refractivity contribution < 1.29 is 4.79 Å². The molecule has 1 heterocycles. The van der Waals surface area contributed by atoms with Crippen molar-refractivity contribution in [3.8, 4) is 0 Å². The second-order valence-electron chi connectivity index (χ2n) is 6.62. The maximum Gasteiger partial charge on any atom is 0.234 e. The highest BCUT2D eigenvalue weighted by Crippen LogP contribution is 2.23. The average molecular weight is 401 g/mol. The number of halogens is 1. The minimum absolute atomic E-state index is 0.00477. The van der Waals surface area contributed by atoms with Crippen LogP contribution < -0.4 is 10.7 Å². The van der Waals surface area contributed by atoms with Gasteiger partial charge in [-0.3, -0.25) is 9.59 Å². The Morgan fingerprint density at radius 1 is 1.19 bits per heavy atom. The van der Waals surface area contributed by atoms with Gasteiger partial charge in [-0.05, 0) is 55.7 Å². The van der Waals surface area contributed by atoms with Crippen LogP contribution in [0.5, 0.6) is 0 Å². The smallest absolute Gasteiger partial charge is 0.234 e. The van der Waals surface area contributed by atoms with E-state index in [0.29, 0.717) is 21.9 Å². The molecule has 4 nitrogen and oxygen atoms in total. The van der Waals surface area contributed by atoms with Crippen molar-refractivity contribution in [2.24, 2.45) is 0 Å². The third-order valence-electron chi connectivity index (χ3n) is 4.37. The quantitative estimate of drug-likeness (QED) is 0.635. The van der Waals surface area contributed by atoms with E-state index in [-0.39, 0.29) is 11.3 Å². The number of thioether (sulfide) groups is 1. The van der Waals surface area contributed by atoms with Gasteiger partial charge in [-0.1, -0.05) is 23.7 Å². The molecule has 0 aliphatic carbocycles. The molecule has 0 saturated heterocycles. The molecule has 0 aliphatic heterocycles. The fourth-order valence-electron chi connectivity index (χ4n) is 3.02. The van der Waals surface area contributed by atoms with Gasteiger partial charge in [-0.2, -0.15) is 0 Å². The Hall–Kier alpha value is -2.24. The molecule has 1 amide bonds. The van der Waals surface area contributed by atoms with Gasteiger partial charge < -0.3 is 10.3 Å². The number of aromatic nitrogens is 1. The highest BCUT2D eigenvalue weighted by atomic mass is 35.5. The molecule has 0 atom stereocenters. The van der Waals surface area contributed by atoms with Gasteiger partial charge in [0, 0.05) is 33.6 Å². The lowest BCUT2D eigenvalue weighted by atomic mass is 10.1. The zero-order chi connectivity index (χ0) is 19.6. The Bertz CT molecular complexity index is 1080. The number of pyridine rings is 1. The minimum Gasteiger partial charge on any atom is -0.357 e. The normalized spacial score (nSPS) is 11.0. The van der Waals surface area contributed by atoms with Crippen LogP contribution in [0.25, 0.3) is 10.9 Å². The van der Waals surface area contributed by atoms with Crippen molar-refractivity contribution in [1.82, 2.24) is 4.98 Å². The summed E-state index contributed by atoms with van der Waals surface area (Å²) in [5.41, 5.74) is 5.37. The molecule has 1 aromatic heterocycles. The SMILES string of the molecule is Cc1cc(C)c2[nH]c(CSCC(=O)Nc3cccc(Cl)c3C)cc(=O)c2c1. The number of amides is 1. The number of aryl methyl sites for hydroxylation is 2. The summed E-state index contributed by atoms with van der Waals surface area (Å²) < 4.78 is 0. The predicted molar refractivity (Wildman–Crippen MR) is 115 cm³/mol. The Balaban J connectivity index is 1.66. The minimum atomic E-state index is -0.0969. The number of carbonyl (C=O) groups is 1. The number of fused-ring (bicyclic) bond motifs is 1. The fourth-order valence-corrected chi connectivity index (χ4v) is 3.93. The van der Waals surface area contributed by atoms with E-state index in [4.69, 9.17) is 11.6 Å². The molecule has 3 rings (SSSR count). The molecular weight excluding hydrogens is 380 g/mol. The van der Waals surface area contributed by atoms with Crippen LogP contribution in [0.1, 0.15) is 22.4 Å². The molecule has 3 aromatic rings. The standard InChI is InChI=1S/C21H21ClN2O2S/c1-12-7-13(2)21-16(8-12)19(25)9-15(23-21)10-27-11-20(26)24-18-6-4-5-17(22)14(18)3/h4-9H,10-11H2,1-3H3,(H,23,25)(H,24,26). The van der Waals surface area contributed by atoms with Crippen LogP contribution in [-0.4, -0.2) is 16.6 Å². The number of rotatable bonds is 5. The first-order valence-electron chi connectivity index (χ1n) is 8.61. The van der Waals surface area contributed by atoms with Gasteiger partial charge in [-0.15, -0.1) is 11.8 Å². The zero-order valence-electron chi connectivity index (χ0n) is 15.5. The zero-order valence-corrected chi connectivity index (χ0v) is 17.1. The lowest BCUT2D eigenvalue weighted by molar-refractivity contribution is -0.113. The summed E-state index contributed by atoms with van der Waals surface area (Å²) >= 11 is 7.53. The van der Waals surface area contributed by atoms with Crippen molar-refractivity contribution in [2.75, 3.05) is 11.1 Å². The Morgan fingerprint density at radius 3 is 2.74 bits per heavy atom. The van der Waals surface area contributed by atoms with Crippen molar-refractivity contribution in [3.63, 3.8) is 0 Å². The first-order valence-corrected chi connectivity index (χ1v) is 10.1. The van der Waals surface area contributed by atoms with Gasteiger partial charge in [0.1, 0.15) is 0 Å². The van der Waals surface area contributed by atoms with E-state index in [2.05, 4.69) is 16.4 Å². The van der Waals surface area contributed by atoms with E-state index in [1.807, 2.05) is 39.0 Å². The molecule has 6 heteroatoms. The molecule has 0 radical (unpaired) electrons. The van der Waals surface area contributed by atoms with Crippen molar-refractivity contribution in [2.45, 2.75) is 26.5 Å². The Morgan fingerprint density at radius 2 is 1.96 bits per heavy atom. The first kappa shape index (κ1) is 19.5. The lowest BCUT2D eigenvalue weighted by Gasteiger charge is -2.10. The molecule has 2 aromatic carbocycles. The monoisotopic (exact) mass is 400 g/mol. The van der Waals surface area contributed by atoms with Crippen LogP contribution >= 0.6 is 23.4 Å². The largest absolute Gasteiger partial charge is 0.357 e. The molecule has 2 N–H and O–H groups in total. The summed E-state index contributed by atoms with van der Waals surface area (Å²) in [6.07, 6.45) is 0. The Labute approximate surface area is 167 Å². The number of nitrogens with one attached hydrogen (secondary N) is 2. The average Bonchev–Trinajstić information content (AvgIpc) is 2.60. The number of anilines is 1. The number of hydrogen-bond donors (Lipinski definition) is 2. The molecular formula is C21H21ClN2O2S. The van der Waals surface area contributed by atoms with E-state index in [1.165, 1.54) is 11.8 Å². The van der Waals surface area contributed by atoms with E-state index in [0.717, 1.165) is 33.6 Å². The topological polar surface area (TPSA) is 62.0 Å². The molecule has 0 unspecified atom stereocenters. The Kier molecular flexibility index (Phi) is 5.92. The fraction of sp³-hybridized carbons (Fsp3) is 0.238. The van der Waals surface area contributed by atoms with Crippen LogP contribution in [0.4, 0.5) is 5.69 Å². The van der Waals surface area contributed by atoms with E-state index >= 15 is 0 Å². The molecule has 0 saturated carbocycles. The molecule has 140 valence electrons. The summed E-state index contributed by atoms with van der Waals surface area (Å²) in [6, 6.07) is 11.0. The molecule has 27 heavy (non-hydrogen) atoms. The third-order valence-corrected chi connectivity index (χ3v) is 5.76. The van der Waals surface area contributed by atoms with Gasteiger partial charge >= 0.3 is 0 Å². The number of hydrogen-bond acceptors (Lipinski definition) is 3. The maximum absolute atomic E-state index is 12.4. The number of aromatic amines is 1. The van der Waals surface area contributed by atoms with E-state index < -0.39 is 0 Å². The van der Waals surface area contributed by atoms with Gasteiger partial charge in [0.05, 0.1) is 11.3 Å².